The van der Waals surface area contributed by atoms with Gasteiger partial charge in [0.15, 0.2) is 0 Å². The Kier molecular flexibility index (Phi) is 5.28. The Morgan fingerprint density at radius 3 is 2.61 bits per heavy atom. The van der Waals surface area contributed by atoms with Gasteiger partial charge in [-0.1, -0.05) is 19.9 Å². The summed E-state index contributed by atoms with van der Waals surface area (Å²) in [6.07, 6.45) is 3.25. The van der Waals surface area contributed by atoms with E-state index in [1.54, 1.807) is 6.20 Å². The van der Waals surface area contributed by atoms with Crippen molar-refractivity contribution in [1.82, 2.24) is 10.3 Å². The van der Waals surface area contributed by atoms with Gasteiger partial charge >= 0.3 is 0 Å². The Morgan fingerprint density at radius 1 is 1.44 bits per heavy atom. The molecule has 0 aromatic carbocycles. The molecular formula is C14H23N3O. The third-order valence-electron chi connectivity index (χ3n) is 3.76. The van der Waals surface area contributed by atoms with Gasteiger partial charge in [0.1, 0.15) is 0 Å². The number of amides is 1. The molecule has 0 saturated carbocycles. The van der Waals surface area contributed by atoms with E-state index in [4.69, 9.17) is 5.73 Å². The van der Waals surface area contributed by atoms with Crippen molar-refractivity contribution in [2.45, 2.75) is 40.2 Å². The van der Waals surface area contributed by atoms with E-state index in [1.165, 1.54) is 0 Å². The second kappa shape index (κ2) is 6.50. The summed E-state index contributed by atoms with van der Waals surface area (Å²) in [5, 5.41) is 2.95. The van der Waals surface area contributed by atoms with Crippen molar-refractivity contribution in [2.24, 2.45) is 11.1 Å². The second-order valence-electron chi connectivity index (χ2n) is 4.64. The van der Waals surface area contributed by atoms with Crippen LogP contribution in [0.4, 0.5) is 0 Å². The molecule has 1 heterocycles. The summed E-state index contributed by atoms with van der Waals surface area (Å²) in [4.78, 5) is 16.5. The fourth-order valence-electron chi connectivity index (χ4n) is 2.01. The van der Waals surface area contributed by atoms with Crippen LogP contribution < -0.4 is 11.1 Å². The molecular weight excluding hydrogens is 226 g/mol. The minimum absolute atomic E-state index is 0.0278. The van der Waals surface area contributed by atoms with E-state index in [-0.39, 0.29) is 5.91 Å². The van der Waals surface area contributed by atoms with E-state index in [0.29, 0.717) is 13.1 Å². The molecule has 0 radical (unpaired) electrons. The SMILES string of the molecule is CCC(CC)(CN)C(=O)NCc1ncccc1C. The van der Waals surface area contributed by atoms with Crippen molar-refractivity contribution >= 4 is 5.91 Å². The molecule has 1 aromatic rings. The molecule has 0 atom stereocenters. The topological polar surface area (TPSA) is 68.0 Å². The molecule has 18 heavy (non-hydrogen) atoms. The van der Waals surface area contributed by atoms with Gasteiger partial charge in [-0.25, -0.2) is 0 Å². The molecule has 0 saturated heterocycles. The number of nitrogens with one attached hydrogen (secondary N) is 1. The first kappa shape index (κ1) is 14.6. The Bertz CT molecular complexity index is 392. The lowest BCUT2D eigenvalue weighted by atomic mass is 9.81. The van der Waals surface area contributed by atoms with Gasteiger partial charge in [0, 0.05) is 12.7 Å². The van der Waals surface area contributed by atoms with E-state index in [1.807, 2.05) is 32.9 Å². The molecule has 3 N–H and O–H groups in total. The number of aryl methyl sites for hydroxylation is 1. The van der Waals surface area contributed by atoms with Gasteiger partial charge in [0.25, 0.3) is 0 Å². The van der Waals surface area contributed by atoms with Crippen molar-refractivity contribution in [3.8, 4) is 0 Å². The van der Waals surface area contributed by atoms with Gasteiger partial charge in [0.05, 0.1) is 17.7 Å². The van der Waals surface area contributed by atoms with Crippen LogP contribution >= 0.6 is 0 Å². The first-order valence-electron chi connectivity index (χ1n) is 6.48. The molecule has 100 valence electrons. The zero-order valence-corrected chi connectivity index (χ0v) is 11.5. The van der Waals surface area contributed by atoms with Crippen molar-refractivity contribution < 1.29 is 4.79 Å². The molecule has 0 spiro atoms. The third kappa shape index (κ3) is 3.07. The van der Waals surface area contributed by atoms with Crippen LogP contribution in [0.3, 0.4) is 0 Å². The highest BCUT2D eigenvalue weighted by atomic mass is 16.2. The van der Waals surface area contributed by atoms with Crippen LogP contribution in [0.1, 0.15) is 37.9 Å². The first-order chi connectivity index (χ1) is 8.59. The van der Waals surface area contributed by atoms with Gasteiger partial charge in [0.2, 0.25) is 5.91 Å². The van der Waals surface area contributed by atoms with Crippen LogP contribution in [0.25, 0.3) is 0 Å². The number of pyridine rings is 1. The zero-order valence-electron chi connectivity index (χ0n) is 11.5. The van der Waals surface area contributed by atoms with E-state index < -0.39 is 5.41 Å². The first-order valence-corrected chi connectivity index (χ1v) is 6.48. The van der Waals surface area contributed by atoms with E-state index in [9.17, 15) is 4.79 Å². The quantitative estimate of drug-likeness (QED) is 0.807. The predicted octanol–water partition coefficient (Wildman–Crippen LogP) is 1.77. The third-order valence-corrected chi connectivity index (χ3v) is 3.76. The molecule has 0 aliphatic rings. The highest BCUT2D eigenvalue weighted by Crippen LogP contribution is 2.25. The highest BCUT2D eigenvalue weighted by Gasteiger charge is 2.32. The molecule has 1 amide bonds. The summed E-state index contributed by atoms with van der Waals surface area (Å²) in [6.45, 7) is 6.84. The fourth-order valence-corrected chi connectivity index (χ4v) is 2.01. The molecule has 0 fully saturated rings. The van der Waals surface area contributed by atoms with Crippen molar-refractivity contribution in [3.05, 3.63) is 29.6 Å². The van der Waals surface area contributed by atoms with Crippen LogP contribution in [0.2, 0.25) is 0 Å². The monoisotopic (exact) mass is 249 g/mol. The van der Waals surface area contributed by atoms with Crippen LogP contribution in [0.5, 0.6) is 0 Å². The number of carbonyl (C=O) groups excluding carboxylic acids is 1. The van der Waals surface area contributed by atoms with Gasteiger partial charge < -0.3 is 11.1 Å². The number of hydrogen-bond donors (Lipinski definition) is 2. The summed E-state index contributed by atoms with van der Waals surface area (Å²) in [7, 11) is 0. The predicted molar refractivity (Wildman–Crippen MR) is 72.9 cm³/mol. The summed E-state index contributed by atoms with van der Waals surface area (Å²) in [6, 6.07) is 3.88. The zero-order chi connectivity index (χ0) is 13.6. The molecule has 0 bridgehead atoms. The minimum Gasteiger partial charge on any atom is -0.350 e. The Morgan fingerprint density at radius 2 is 2.11 bits per heavy atom. The van der Waals surface area contributed by atoms with Crippen LogP contribution in [-0.4, -0.2) is 17.4 Å². The van der Waals surface area contributed by atoms with Crippen LogP contribution in [0, 0.1) is 12.3 Å². The van der Waals surface area contributed by atoms with Gasteiger partial charge in [-0.2, -0.15) is 0 Å². The van der Waals surface area contributed by atoms with Crippen LogP contribution in [0.15, 0.2) is 18.3 Å². The lowest BCUT2D eigenvalue weighted by Gasteiger charge is -2.28. The minimum atomic E-state index is -0.442. The standard InChI is InChI=1S/C14H23N3O/c1-4-14(5-2,10-15)13(18)17-9-12-11(3)7-6-8-16-12/h6-8H,4-5,9-10,15H2,1-3H3,(H,17,18). The number of nitrogens with zero attached hydrogens (tertiary/aromatic N) is 1. The smallest absolute Gasteiger partial charge is 0.227 e. The maximum absolute atomic E-state index is 12.2. The Balaban J connectivity index is 2.69. The van der Waals surface area contributed by atoms with Crippen molar-refractivity contribution in [3.63, 3.8) is 0 Å². The Hall–Kier alpha value is -1.42. The maximum atomic E-state index is 12.2. The van der Waals surface area contributed by atoms with Gasteiger partial charge in [-0.05, 0) is 31.4 Å². The molecule has 0 unspecified atom stereocenters. The highest BCUT2D eigenvalue weighted by molar-refractivity contribution is 5.82. The summed E-state index contributed by atoms with van der Waals surface area (Å²) >= 11 is 0. The summed E-state index contributed by atoms with van der Waals surface area (Å²) in [5.41, 5.74) is 7.30. The summed E-state index contributed by atoms with van der Waals surface area (Å²) in [5.74, 6) is 0.0278. The van der Waals surface area contributed by atoms with Gasteiger partial charge in [-0.15, -0.1) is 0 Å². The molecule has 4 heteroatoms. The molecule has 0 aliphatic carbocycles. The average Bonchev–Trinajstić information content (AvgIpc) is 2.40. The van der Waals surface area contributed by atoms with E-state index in [0.717, 1.165) is 24.1 Å². The van der Waals surface area contributed by atoms with E-state index >= 15 is 0 Å². The number of carbonyl (C=O) groups is 1. The van der Waals surface area contributed by atoms with E-state index in [2.05, 4.69) is 10.3 Å². The molecule has 0 aliphatic heterocycles. The molecule has 4 nitrogen and oxygen atoms in total. The molecule has 1 rings (SSSR count). The fraction of sp³-hybridized carbons (Fsp3) is 0.571. The lowest BCUT2D eigenvalue weighted by Crippen LogP contribution is -2.45. The van der Waals surface area contributed by atoms with Crippen molar-refractivity contribution in [1.29, 1.82) is 0 Å². The Labute approximate surface area is 109 Å². The number of nitrogens with two attached hydrogens (primary N) is 1. The van der Waals surface area contributed by atoms with Crippen molar-refractivity contribution in [2.75, 3.05) is 6.54 Å². The second-order valence-corrected chi connectivity index (χ2v) is 4.64. The average molecular weight is 249 g/mol. The normalized spacial score (nSPS) is 11.3. The maximum Gasteiger partial charge on any atom is 0.227 e. The van der Waals surface area contributed by atoms with Gasteiger partial charge in [-0.3, -0.25) is 9.78 Å². The number of aromatic nitrogens is 1. The molecule has 1 aromatic heterocycles. The number of rotatable bonds is 6. The number of hydrogen-bond acceptors (Lipinski definition) is 3. The lowest BCUT2D eigenvalue weighted by molar-refractivity contribution is -0.131. The van der Waals surface area contributed by atoms with Crippen LogP contribution in [-0.2, 0) is 11.3 Å². The largest absolute Gasteiger partial charge is 0.350 e. The summed E-state index contributed by atoms with van der Waals surface area (Å²) < 4.78 is 0.